The summed E-state index contributed by atoms with van der Waals surface area (Å²) >= 11 is 0. The van der Waals surface area contributed by atoms with Crippen LogP contribution in [-0.4, -0.2) is 14.5 Å². The van der Waals surface area contributed by atoms with Crippen LogP contribution in [0.15, 0.2) is 54.6 Å². The highest BCUT2D eigenvalue weighted by atomic mass is 15.1. The molecule has 2 aromatic carbocycles. The lowest BCUT2D eigenvalue weighted by atomic mass is 10.1. The number of hydrogen-bond acceptors (Lipinski definition) is 2. The molecule has 94 valence electrons. The van der Waals surface area contributed by atoms with Gasteiger partial charge in [0.25, 0.3) is 0 Å². The minimum atomic E-state index is 0.864. The first-order chi connectivity index (χ1) is 9.90. The molecule has 0 unspecified atom stereocenters. The summed E-state index contributed by atoms with van der Waals surface area (Å²) in [6.45, 7) is 0.864. The van der Waals surface area contributed by atoms with Gasteiger partial charge in [-0.25, -0.2) is 9.97 Å². The minimum absolute atomic E-state index is 0.864. The molecule has 1 aliphatic heterocycles. The van der Waals surface area contributed by atoms with Gasteiger partial charge in [0.05, 0.1) is 23.1 Å². The van der Waals surface area contributed by atoms with Crippen LogP contribution >= 0.6 is 0 Å². The molecule has 0 saturated carbocycles. The SMILES string of the molecule is c1ccc2nc3c(cc2c1)Cn1c-3nc2ccccc21. The normalized spacial score (nSPS) is 12.8. The monoisotopic (exact) mass is 257 g/mol. The Balaban J connectivity index is 1.87. The topological polar surface area (TPSA) is 30.7 Å². The molecule has 5 rings (SSSR count). The molecule has 3 heteroatoms. The highest BCUT2D eigenvalue weighted by Gasteiger charge is 2.24. The average molecular weight is 257 g/mol. The Labute approximate surface area is 115 Å². The third-order valence-corrected chi connectivity index (χ3v) is 4.00. The van der Waals surface area contributed by atoms with Gasteiger partial charge in [0.2, 0.25) is 0 Å². The molecule has 0 N–H and O–H groups in total. The van der Waals surface area contributed by atoms with Crippen molar-refractivity contribution in [2.24, 2.45) is 0 Å². The molecule has 0 aliphatic carbocycles. The van der Waals surface area contributed by atoms with Gasteiger partial charge in [-0.3, -0.25) is 0 Å². The van der Waals surface area contributed by atoms with Crippen molar-refractivity contribution < 1.29 is 0 Å². The Morgan fingerprint density at radius 3 is 2.60 bits per heavy atom. The Kier molecular flexibility index (Phi) is 1.75. The number of para-hydroxylation sites is 3. The van der Waals surface area contributed by atoms with E-state index < -0.39 is 0 Å². The smallest absolute Gasteiger partial charge is 0.160 e. The summed E-state index contributed by atoms with van der Waals surface area (Å²) in [5.41, 5.74) is 5.55. The van der Waals surface area contributed by atoms with Crippen molar-refractivity contribution in [3.05, 3.63) is 60.2 Å². The largest absolute Gasteiger partial charge is 0.318 e. The third kappa shape index (κ3) is 1.19. The van der Waals surface area contributed by atoms with Gasteiger partial charge in [0, 0.05) is 10.9 Å². The summed E-state index contributed by atoms with van der Waals surface area (Å²) in [7, 11) is 0. The zero-order valence-electron chi connectivity index (χ0n) is 10.7. The molecule has 0 amide bonds. The fraction of sp³-hybridized carbons (Fsp3) is 0.0588. The summed E-state index contributed by atoms with van der Waals surface area (Å²) in [4.78, 5) is 9.55. The van der Waals surface area contributed by atoms with Crippen LogP contribution in [0.2, 0.25) is 0 Å². The van der Waals surface area contributed by atoms with E-state index in [-0.39, 0.29) is 0 Å². The minimum Gasteiger partial charge on any atom is -0.318 e. The molecule has 0 radical (unpaired) electrons. The summed E-state index contributed by atoms with van der Waals surface area (Å²) in [5, 5.41) is 1.20. The van der Waals surface area contributed by atoms with Crippen LogP contribution in [0.5, 0.6) is 0 Å². The Morgan fingerprint density at radius 1 is 0.850 bits per heavy atom. The standard InChI is InChI=1S/C17H11N3/c1-2-6-13-11(5-1)9-12-10-20-15-8-4-3-7-14(15)19-17(20)16(12)18-13/h1-9H,10H2. The molecule has 3 heterocycles. The highest BCUT2D eigenvalue weighted by molar-refractivity contribution is 5.87. The van der Waals surface area contributed by atoms with E-state index in [1.807, 2.05) is 12.1 Å². The Hall–Kier alpha value is -2.68. The zero-order chi connectivity index (χ0) is 13.1. The predicted molar refractivity (Wildman–Crippen MR) is 79.6 cm³/mol. The van der Waals surface area contributed by atoms with Crippen molar-refractivity contribution in [1.29, 1.82) is 0 Å². The molecule has 4 aromatic rings. The average Bonchev–Trinajstić information content (AvgIpc) is 3.01. The fourth-order valence-corrected chi connectivity index (χ4v) is 3.06. The zero-order valence-corrected chi connectivity index (χ0v) is 10.7. The molecule has 0 saturated heterocycles. The van der Waals surface area contributed by atoms with Gasteiger partial charge in [0.15, 0.2) is 5.82 Å². The summed E-state index contributed by atoms with van der Waals surface area (Å²) in [6, 6.07) is 18.8. The number of aromatic nitrogens is 3. The first-order valence-corrected chi connectivity index (χ1v) is 6.74. The van der Waals surface area contributed by atoms with Crippen LogP contribution < -0.4 is 0 Å². The van der Waals surface area contributed by atoms with Gasteiger partial charge in [-0.2, -0.15) is 0 Å². The maximum absolute atomic E-state index is 4.81. The van der Waals surface area contributed by atoms with Gasteiger partial charge in [-0.1, -0.05) is 30.3 Å². The summed E-state index contributed by atoms with van der Waals surface area (Å²) in [5.74, 6) is 0.993. The van der Waals surface area contributed by atoms with Crippen molar-refractivity contribution in [2.75, 3.05) is 0 Å². The van der Waals surface area contributed by atoms with Gasteiger partial charge < -0.3 is 4.57 Å². The first kappa shape index (κ1) is 10.1. The van der Waals surface area contributed by atoms with E-state index >= 15 is 0 Å². The summed E-state index contributed by atoms with van der Waals surface area (Å²) in [6.07, 6.45) is 0. The molecule has 0 bridgehead atoms. The molecule has 0 atom stereocenters. The maximum atomic E-state index is 4.81. The third-order valence-electron chi connectivity index (χ3n) is 4.00. The van der Waals surface area contributed by atoms with Crippen molar-refractivity contribution in [2.45, 2.75) is 6.54 Å². The van der Waals surface area contributed by atoms with Crippen molar-refractivity contribution >= 4 is 21.9 Å². The van der Waals surface area contributed by atoms with E-state index in [4.69, 9.17) is 9.97 Å². The molecule has 3 nitrogen and oxygen atoms in total. The van der Waals surface area contributed by atoms with Crippen molar-refractivity contribution in [3.63, 3.8) is 0 Å². The fourth-order valence-electron chi connectivity index (χ4n) is 3.06. The number of fused-ring (bicyclic) bond motifs is 6. The number of rotatable bonds is 0. The van der Waals surface area contributed by atoms with Gasteiger partial charge in [0.1, 0.15) is 5.69 Å². The number of benzene rings is 2. The van der Waals surface area contributed by atoms with Crippen molar-refractivity contribution in [3.8, 4) is 11.5 Å². The van der Waals surface area contributed by atoms with Crippen LogP contribution in [0.4, 0.5) is 0 Å². The lowest BCUT2D eigenvalue weighted by Crippen LogP contribution is -1.91. The van der Waals surface area contributed by atoms with E-state index in [2.05, 4.69) is 47.0 Å². The highest BCUT2D eigenvalue weighted by Crippen LogP contribution is 2.34. The van der Waals surface area contributed by atoms with E-state index in [0.29, 0.717) is 0 Å². The molecular weight excluding hydrogens is 246 g/mol. The molecule has 2 aromatic heterocycles. The van der Waals surface area contributed by atoms with Crippen LogP contribution in [0.3, 0.4) is 0 Å². The maximum Gasteiger partial charge on any atom is 0.160 e. The second-order valence-corrected chi connectivity index (χ2v) is 5.20. The van der Waals surface area contributed by atoms with E-state index in [1.165, 1.54) is 16.5 Å². The van der Waals surface area contributed by atoms with Crippen LogP contribution in [0, 0.1) is 0 Å². The van der Waals surface area contributed by atoms with Gasteiger partial charge in [-0.15, -0.1) is 0 Å². The summed E-state index contributed by atoms with van der Waals surface area (Å²) < 4.78 is 2.26. The van der Waals surface area contributed by atoms with Crippen LogP contribution in [-0.2, 0) is 6.54 Å². The van der Waals surface area contributed by atoms with Crippen LogP contribution in [0.25, 0.3) is 33.5 Å². The second kappa shape index (κ2) is 3.45. The van der Waals surface area contributed by atoms with Gasteiger partial charge >= 0.3 is 0 Å². The predicted octanol–water partition coefficient (Wildman–Crippen LogP) is 3.61. The number of hydrogen-bond donors (Lipinski definition) is 0. The van der Waals surface area contributed by atoms with Crippen LogP contribution in [0.1, 0.15) is 5.56 Å². The lowest BCUT2D eigenvalue weighted by molar-refractivity contribution is 0.879. The molecular formula is C17H11N3. The number of nitrogens with zero attached hydrogens (tertiary/aromatic N) is 3. The number of imidazole rings is 1. The Morgan fingerprint density at radius 2 is 1.65 bits per heavy atom. The van der Waals surface area contributed by atoms with E-state index in [1.54, 1.807) is 0 Å². The number of pyridine rings is 1. The van der Waals surface area contributed by atoms with E-state index in [0.717, 1.165) is 29.1 Å². The molecule has 1 aliphatic rings. The van der Waals surface area contributed by atoms with E-state index in [9.17, 15) is 0 Å². The quantitative estimate of drug-likeness (QED) is 0.424. The van der Waals surface area contributed by atoms with Crippen molar-refractivity contribution in [1.82, 2.24) is 14.5 Å². The molecule has 20 heavy (non-hydrogen) atoms. The van der Waals surface area contributed by atoms with Gasteiger partial charge in [-0.05, 0) is 24.3 Å². The first-order valence-electron chi connectivity index (χ1n) is 6.74. The molecule has 0 fully saturated rings. The Bertz CT molecular complexity index is 982. The molecule has 0 spiro atoms. The second-order valence-electron chi connectivity index (χ2n) is 5.20. The lowest BCUT2D eigenvalue weighted by Gasteiger charge is -2.01.